The average Bonchev–Trinajstić information content (AvgIpc) is 2.92. The number of aldehydes is 1. The Balaban J connectivity index is 2.27. The molecular weight excluding hydrogens is 286 g/mol. The SMILES string of the molecule is CC1(S(=O)(=O)n2ccc3cccc(C=O)c32)C=CC=CC1. The maximum absolute atomic E-state index is 13.0. The lowest BCUT2D eigenvalue weighted by Crippen LogP contribution is -2.37. The molecule has 21 heavy (non-hydrogen) atoms. The molecule has 0 spiro atoms. The van der Waals surface area contributed by atoms with Crippen molar-refractivity contribution >= 4 is 27.2 Å². The molecular formula is C16H15NO3S. The van der Waals surface area contributed by atoms with Gasteiger partial charge in [-0.1, -0.05) is 36.4 Å². The number of aromatic nitrogens is 1. The number of carbonyl (C=O) groups excluding carboxylic acids is 1. The van der Waals surface area contributed by atoms with Crippen LogP contribution >= 0.6 is 0 Å². The summed E-state index contributed by atoms with van der Waals surface area (Å²) in [5, 5.41) is 0.738. The highest BCUT2D eigenvalue weighted by molar-refractivity contribution is 7.91. The van der Waals surface area contributed by atoms with Crippen molar-refractivity contribution in [1.82, 2.24) is 3.97 Å². The van der Waals surface area contributed by atoms with Crippen molar-refractivity contribution in [3.05, 3.63) is 60.3 Å². The zero-order valence-corrected chi connectivity index (χ0v) is 12.4. The average molecular weight is 301 g/mol. The highest BCUT2D eigenvalue weighted by atomic mass is 32.2. The van der Waals surface area contributed by atoms with E-state index in [0.29, 0.717) is 23.8 Å². The summed E-state index contributed by atoms with van der Waals surface area (Å²) in [7, 11) is -3.66. The number of para-hydroxylation sites is 1. The maximum atomic E-state index is 13.0. The van der Waals surface area contributed by atoms with Crippen LogP contribution in [0, 0.1) is 0 Å². The molecule has 1 aromatic carbocycles. The van der Waals surface area contributed by atoms with Gasteiger partial charge in [0.1, 0.15) is 4.75 Å². The van der Waals surface area contributed by atoms with E-state index in [-0.39, 0.29) is 0 Å². The molecule has 0 saturated heterocycles. The molecule has 1 heterocycles. The van der Waals surface area contributed by atoms with Crippen molar-refractivity contribution < 1.29 is 13.2 Å². The molecule has 0 saturated carbocycles. The number of rotatable bonds is 3. The molecule has 5 heteroatoms. The molecule has 1 aromatic heterocycles. The Kier molecular flexibility index (Phi) is 3.10. The van der Waals surface area contributed by atoms with Crippen molar-refractivity contribution in [3.8, 4) is 0 Å². The van der Waals surface area contributed by atoms with Crippen molar-refractivity contribution in [2.45, 2.75) is 18.1 Å². The zero-order valence-electron chi connectivity index (χ0n) is 11.6. The second-order valence-electron chi connectivity index (χ2n) is 5.32. The normalized spacial score (nSPS) is 21.8. The second kappa shape index (κ2) is 4.70. The van der Waals surface area contributed by atoms with Gasteiger partial charge < -0.3 is 0 Å². The Morgan fingerprint density at radius 2 is 2.05 bits per heavy atom. The molecule has 108 valence electrons. The monoisotopic (exact) mass is 301 g/mol. The van der Waals surface area contributed by atoms with E-state index in [0.717, 1.165) is 5.39 Å². The summed E-state index contributed by atoms with van der Waals surface area (Å²) >= 11 is 0. The van der Waals surface area contributed by atoms with Crippen LogP contribution in [-0.2, 0) is 10.0 Å². The third-order valence-electron chi connectivity index (χ3n) is 3.90. The minimum atomic E-state index is -3.66. The number of carbonyl (C=O) groups is 1. The number of benzene rings is 1. The molecule has 0 bridgehead atoms. The fraction of sp³-hybridized carbons (Fsp3) is 0.188. The van der Waals surface area contributed by atoms with Gasteiger partial charge >= 0.3 is 0 Å². The lowest BCUT2D eigenvalue weighted by atomic mass is 10.0. The van der Waals surface area contributed by atoms with Gasteiger partial charge in [-0.05, 0) is 25.5 Å². The lowest BCUT2D eigenvalue weighted by Gasteiger charge is -2.27. The number of hydrogen-bond acceptors (Lipinski definition) is 3. The predicted octanol–water partition coefficient (Wildman–Crippen LogP) is 2.91. The Morgan fingerprint density at radius 1 is 1.24 bits per heavy atom. The van der Waals surface area contributed by atoms with Gasteiger partial charge in [-0.25, -0.2) is 12.4 Å². The molecule has 0 N–H and O–H groups in total. The van der Waals surface area contributed by atoms with Crippen LogP contribution in [0.25, 0.3) is 10.9 Å². The summed E-state index contributed by atoms with van der Waals surface area (Å²) in [4.78, 5) is 11.2. The fourth-order valence-electron chi connectivity index (χ4n) is 2.61. The summed E-state index contributed by atoms with van der Waals surface area (Å²) in [5.74, 6) is 0. The number of allylic oxidation sites excluding steroid dienone is 3. The quantitative estimate of drug-likeness (QED) is 0.819. The Hall–Kier alpha value is -2.14. The van der Waals surface area contributed by atoms with Crippen LogP contribution in [0.1, 0.15) is 23.7 Å². The standard InChI is InChI=1S/C16H15NO3S/c1-16(9-3-2-4-10-16)21(19,20)17-11-8-13-6-5-7-14(12-18)15(13)17/h2-9,11-12H,10H2,1H3. The number of fused-ring (bicyclic) bond motifs is 1. The molecule has 0 radical (unpaired) electrons. The molecule has 4 nitrogen and oxygen atoms in total. The topological polar surface area (TPSA) is 56.1 Å². The van der Waals surface area contributed by atoms with Gasteiger partial charge in [0, 0.05) is 17.1 Å². The first-order chi connectivity index (χ1) is 9.99. The highest BCUT2D eigenvalue weighted by Gasteiger charge is 2.38. The molecule has 1 atom stereocenters. The van der Waals surface area contributed by atoms with Gasteiger partial charge in [-0.15, -0.1) is 0 Å². The Morgan fingerprint density at radius 3 is 2.71 bits per heavy atom. The molecule has 0 aliphatic heterocycles. The van der Waals surface area contributed by atoms with Gasteiger partial charge in [0.05, 0.1) is 5.52 Å². The van der Waals surface area contributed by atoms with E-state index < -0.39 is 14.8 Å². The Bertz CT molecular complexity index is 874. The van der Waals surface area contributed by atoms with Crippen LogP contribution in [0.5, 0.6) is 0 Å². The minimum Gasteiger partial charge on any atom is -0.298 e. The van der Waals surface area contributed by atoms with E-state index in [2.05, 4.69) is 0 Å². The summed E-state index contributed by atoms with van der Waals surface area (Å²) in [6.07, 6.45) is 9.73. The number of nitrogens with zero attached hydrogens (tertiary/aromatic N) is 1. The molecule has 3 rings (SSSR count). The second-order valence-corrected chi connectivity index (χ2v) is 7.60. The van der Waals surface area contributed by atoms with Gasteiger partial charge in [0.2, 0.25) is 10.0 Å². The van der Waals surface area contributed by atoms with Crippen molar-refractivity contribution in [2.75, 3.05) is 0 Å². The van der Waals surface area contributed by atoms with Crippen LogP contribution in [-0.4, -0.2) is 23.4 Å². The summed E-state index contributed by atoms with van der Waals surface area (Å²) in [6, 6.07) is 6.88. The zero-order chi connectivity index (χ0) is 15.1. The summed E-state index contributed by atoms with van der Waals surface area (Å²) < 4.78 is 26.2. The first-order valence-electron chi connectivity index (χ1n) is 6.64. The maximum Gasteiger partial charge on any atom is 0.248 e. The summed E-state index contributed by atoms with van der Waals surface area (Å²) in [5.41, 5.74) is 0.816. The lowest BCUT2D eigenvalue weighted by molar-refractivity contribution is 0.112. The predicted molar refractivity (Wildman–Crippen MR) is 82.9 cm³/mol. The smallest absolute Gasteiger partial charge is 0.248 e. The van der Waals surface area contributed by atoms with Crippen molar-refractivity contribution in [1.29, 1.82) is 0 Å². The van der Waals surface area contributed by atoms with E-state index in [1.807, 2.05) is 12.2 Å². The molecule has 1 aliphatic rings. The minimum absolute atomic E-state index is 0.375. The third-order valence-corrected chi connectivity index (χ3v) is 6.21. The summed E-state index contributed by atoms with van der Waals surface area (Å²) in [6.45, 7) is 1.69. The van der Waals surface area contributed by atoms with Gasteiger partial charge in [-0.2, -0.15) is 0 Å². The first-order valence-corrected chi connectivity index (χ1v) is 8.08. The van der Waals surface area contributed by atoms with Gasteiger partial charge in [0.25, 0.3) is 0 Å². The van der Waals surface area contributed by atoms with Crippen LogP contribution in [0.3, 0.4) is 0 Å². The first kappa shape index (κ1) is 13.8. The molecule has 1 aliphatic carbocycles. The van der Waals surface area contributed by atoms with Crippen LogP contribution in [0.4, 0.5) is 0 Å². The van der Waals surface area contributed by atoms with E-state index in [1.54, 1.807) is 43.3 Å². The van der Waals surface area contributed by atoms with Crippen molar-refractivity contribution in [3.63, 3.8) is 0 Å². The molecule has 1 unspecified atom stereocenters. The van der Waals surface area contributed by atoms with Crippen LogP contribution in [0.2, 0.25) is 0 Å². The third kappa shape index (κ3) is 1.96. The molecule has 0 amide bonds. The number of hydrogen-bond donors (Lipinski definition) is 0. The fourth-order valence-corrected chi connectivity index (χ4v) is 4.29. The largest absolute Gasteiger partial charge is 0.298 e. The van der Waals surface area contributed by atoms with Gasteiger partial charge in [-0.3, -0.25) is 4.79 Å². The van der Waals surface area contributed by atoms with Crippen LogP contribution in [0.15, 0.2) is 54.8 Å². The highest BCUT2D eigenvalue weighted by Crippen LogP contribution is 2.32. The van der Waals surface area contributed by atoms with E-state index >= 15 is 0 Å². The van der Waals surface area contributed by atoms with Crippen molar-refractivity contribution in [2.24, 2.45) is 0 Å². The Labute approximate surface area is 123 Å². The molecule has 0 fully saturated rings. The van der Waals surface area contributed by atoms with Crippen LogP contribution < -0.4 is 0 Å². The van der Waals surface area contributed by atoms with Gasteiger partial charge in [0.15, 0.2) is 6.29 Å². The van der Waals surface area contributed by atoms with E-state index in [1.165, 1.54) is 10.2 Å². The molecule has 2 aromatic rings. The van der Waals surface area contributed by atoms with E-state index in [4.69, 9.17) is 0 Å². The van der Waals surface area contributed by atoms with E-state index in [9.17, 15) is 13.2 Å².